The summed E-state index contributed by atoms with van der Waals surface area (Å²) in [6.45, 7) is 0. The highest BCUT2D eigenvalue weighted by Crippen LogP contribution is 2.39. The minimum atomic E-state index is -5.74. The number of aromatic nitrogens is 3. The number of nitrogens with zero attached hydrogens (tertiary/aromatic N) is 3. The molecular weight excluding hydrogens is 285 g/mol. The number of methoxy groups -OCH3 is 1. The zero-order chi connectivity index (χ0) is 15.0. The third kappa shape index (κ3) is 2.43. The van der Waals surface area contributed by atoms with Gasteiger partial charge in [0, 0.05) is 5.56 Å². The molecule has 20 heavy (non-hydrogen) atoms. The van der Waals surface area contributed by atoms with Gasteiger partial charge < -0.3 is 4.74 Å². The maximum Gasteiger partial charge on any atom is 0.477 e. The molecule has 0 atom stereocenters. The van der Waals surface area contributed by atoms with Gasteiger partial charge in [0.15, 0.2) is 0 Å². The lowest BCUT2D eigenvalue weighted by molar-refractivity contribution is -0.328. The van der Waals surface area contributed by atoms with Crippen LogP contribution < -0.4 is 4.74 Å². The molecule has 0 N–H and O–H groups in total. The highest BCUT2D eigenvalue weighted by atomic mass is 19.4. The van der Waals surface area contributed by atoms with E-state index in [9.17, 15) is 22.0 Å². The number of ether oxygens (including phenoxy) is 1. The van der Waals surface area contributed by atoms with Crippen LogP contribution in [0.5, 0.6) is 5.75 Å². The van der Waals surface area contributed by atoms with Gasteiger partial charge in [0.1, 0.15) is 11.4 Å². The Kier molecular flexibility index (Phi) is 3.36. The molecule has 0 saturated heterocycles. The SMILES string of the molecule is COc1ccc(-c2cn(C(F)(F)C(F)(F)F)nn2)cc1. The third-order valence-corrected chi connectivity index (χ3v) is 2.51. The van der Waals surface area contributed by atoms with E-state index in [0.29, 0.717) is 17.5 Å². The summed E-state index contributed by atoms with van der Waals surface area (Å²) in [4.78, 5) is 0. The highest BCUT2D eigenvalue weighted by molar-refractivity contribution is 5.58. The van der Waals surface area contributed by atoms with Gasteiger partial charge in [0.2, 0.25) is 0 Å². The molecule has 0 radical (unpaired) electrons. The van der Waals surface area contributed by atoms with Crippen LogP contribution in [0.15, 0.2) is 30.5 Å². The molecule has 1 heterocycles. The molecule has 0 bridgehead atoms. The summed E-state index contributed by atoms with van der Waals surface area (Å²) in [7, 11) is 1.44. The number of hydrogen-bond donors (Lipinski definition) is 0. The van der Waals surface area contributed by atoms with Crippen LogP contribution in [0, 0.1) is 0 Å². The maximum atomic E-state index is 13.0. The molecule has 2 rings (SSSR count). The molecule has 108 valence electrons. The van der Waals surface area contributed by atoms with Crippen LogP contribution in [-0.4, -0.2) is 28.3 Å². The third-order valence-electron chi connectivity index (χ3n) is 2.51. The molecule has 0 amide bonds. The average molecular weight is 293 g/mol. The van der Waals surface area contributed by atoms with Gasteiger partial charge in [0.25, 0.3) is 0 Å². The Morgan fingerprint density at radius 2 is 1.65 bits per heavy atom. The van der Waals surface area contributed by atoms with Gasteiger partial charge in [-0.05, 0) is 24.3 Å². The first-order valence-electron chi connectivity index (χ1n) is 5.27. The van der Waals surface area contributed by atoms with Crippen LogP contribution in [0.4, 0.5) is 22.0 Å². The van der Waals surface area contributed by atoms with Gasteiger partial charge in [-0.15, -0.1) is 5.10 Å². The highest BCUT2D eigenvalue weighted by Gasteiger charge is 2.60. The average Bonchev–Trinajstić information content (AvgIpc) is 2.87. The van der Waals surface area contributed by atoms with E-state index in [0.717, 1.165) is 0 Å². The predicted octanol–water partition coefficient (Wildman–Crippen LogP) is 3.07. The Morgan fingerprint density at radius 3 is 2.15 bits per heavy atom. The van der Waals surface area contributed by atoms with Crippen molar-refractivity contribution < 1.29 is 26.7 Å². The normalized spacial score (nSPS) is 12.5. The van der Waals surface area contributed by atoms with Crippen LogP contribution in [-0.2, 0) is 6.05 Å². The lowest BCUT2D eigenvalue weighted by Crippen LogP contribution is -2.40. The number of benzene rings is 1. The second-order valence-corrected chi connectivity index (χ2v) is 3.82. The van der Waals surface area contributed by atoms with E-state index in [1.54, 1.807) is 0 Å². The van der Waals surface area contributed by atoms with E-state index in [2.05, 4.69) is 10.3 Å². The molecule has 2 aromatic rings. The van der Waals surface area contributed by atoms with Crippen molar-refractivity contribution >= 4 is 0 Å². The van der Waals surface area contributed by atoms with Crippen LogP contribution in [0.3, 0.4) is 0 Å². The van der Waals surface area contributed by atoms with Crippen molar-refractivity contribution in [2.45, 2.75) is 12.2 Å². The minimum absolute atomic E-state index is 0.100. The van der Waals surface area contributed by atoms with E-state index in [4.69, 9.17) is 4.74 Å². The van der Waals surface area contributed by atoms with Crippen molar-refractivity contribution in [3.8, 4) is 17.0 Å². The Morgan fingerprint density at radius 1 is 1.05 bits per heavy atom. The van der Waals surface area contributed by atoms with Crippen molar-refractivity contribution in [3.05, 3.63) is 30.5 Å². The first-order chi connectivity index (χ1) is 9.25. The Balaban J connectivity index is 2.33. The maximum absolute atomic E-state index is 13.0. The van der Waals surface area contributed by atoms with Crippen molar-refractivity contribution in [3.63, 3.8) is 0 Å². The monoisotopic (exact) mass is 293 g/mol. The standard InChI is InChI=1S/C11H8F5N3O/c1-20-8-4-2-7(3-5-8)9-6-19(18-17-9)11(15,16)10(12,13)14/h2-6H,1H3. The fraction of sp³-hybridized carbons (Fsp3) is 0.273. The van der Waals surface area contributed by atoms with Gasteiger partial charge in [-0.2, -0.15) is 26.6 Å². The lowest BCUT2D eigenvalue weighted by Gasteiger charge is -2.18. The molecule has 0 spiro atoms. The van der Waals surface area contributed by atoms with E-state index in [1.165, 1.54) is 31.4 Å². The Bertz CT molecular complexity index is 591. The first kappa shape index (κ1) is 14.2. The Labute approximate surface area is 109 Å². The van der Waals surface area contributed by atoms with E-state index in [-0.39, 0.29) is 5.69 Å². The molecular formula is C11H8F5N3O. The summed E-state index contributed by atoms with van der Waals surface area (Å²) in [6.07, 6.45) is -5.20. The molecule has 0 aliphatic rings. The molecule has 1 aromatic heterocycles. The van der Waals surface area contributed by atoms with Crippen molar-refractivity contribution in [1.82, 2.24) is 15.0 Å². The Hall–Kier alpha value is -2.19. The lowest BCUT2D eigenvalue weighted by atomic mass is 10.2. The van der Waals surface area contributed by atoms with Gasteiger partial charge in [-0.25, -0.2) is 0 Å². The summed E-state index contributed by atoms with van der Waals surface area (Å²) in [5.74, 6) is 0.516. The fourth-order valence-electron chi connectivity index (χ4n) is 1.43. The minimum Gasteiger partial charge on any atom is -0.497 e. The number of alkyl halides is 5. The van der Waals surface area contributed by atoms with Crippen LogP contribution in [0.1, 0.15) is 0 Å². The van der Waals surface area contributed by atoms with Gasteiger partial charge in [0.05, 0.1) is 13.3 Å². The number of halogens is 5. The summed E-state index contributed by atoms with van der Waals surface area (Å²) in [5, 5.41) is 6.15. The summed E-state index contributed by atoms with van der Waals surface area (Å²) in [5.41, 5.74) is 0.242. The summed E-state index contributed by atoms with van der Waals surface area (Å²) < 4.78 is 67.0. The molecule has 1 aromatic carbocycles. The first-order valence-corrected chi connectivity index (χ1v) is 5.27. The number of rotatable bonds is 3. The fourth-order valence-corrected chi connectivity index (χ4v) is 1.43. The summed E-state index contributed by atoms with van der Waals surface area (Å²) >= 11 is 0. The quantitative estimate of drug-likeness (QED) is 0.817. The van der Waals surface area contributed by atoms with E-state index < -0.39 is 16.9 Å². The molecule has 9 heteroatoms. The molecule has 0 fully saturated rings. The summed E-state index contributed by atoms with van der Waals surface area (Å²) in [6, 6.07) is 0.884. The second kappa shape index (κ2) is 4.73. The zero-order valence-corrected chi connectivity index (χ0v) is 10.0. The second-order valence-electron chi connectivity index (χ2n) is 3.82. The molecule has 0 unspecified atom stereocenters. The predicted molar refractivity (Wildman–Crippen MR) is 58.3 cm³/mol. The molecule has 0 saturated carbocycles. The zero-order valence-electron chi connectivity index (χ0n) is 10.0. The molecule has 0 aliphatic heterocycles. The molecule has 0 aliphatic carbocycles. The topological polar surface area (TPSA) is 39.9 Å². The van der Waals surface area contributed by atoms with E-state index >= 15 is 0 Å². The van der Waals surface area contributed by atoms with Gasteiger partial charge >= 0.3 is 12.2 Å². The van der Waals surface area contributed by atoms with Crippen LogP contribution in [0.2, 0.25) is 0 Å². The van der Waals surface area contributed by atoms with Crippen molar-refractivity contribution in [2.75, 3.05) is 7.11 Å². The van der Waals surface area contributed by atoms with Crippen LogP contribution >= 0.6 is 0 Å². The van der Waals surface area contributed by atoms with Crippen LogP contribution in [0.25, 0.3) is 11.3 Å². The van der Waals surface area contributed by atoms with Gasteiger partial charge in [-0.1, -0.05) is 5.21 Å². The van der Waals surface area contributed by atoms with Crippen molar-refractivity contribution in [1.29, 1.82) is 0 Å². The van der Waals surface area contributed by atoms with Crippen molar-refractivity contribution in [2.24, 2.45) is 0 Å². The number of hydrogen-bond acceptors (Lipinski definition) is 3. The van der Waals surface area contributed by atoms with Gasteiger partial charge in [-0.3, -0.25) is 0 Å². The smallest absolute Gasteiger partial charge is 0.477 e. The van der Waals surface area contributed by atoms with E-state index in [1.807, 2.05) is 0 Å². The largest absolute Gasteiger partial charge is 0.497 e. The molecule has 4 nitrogen and oxygen atoms in total.